The fourth-order valence-corrected chi connectivity index (χ4v) is 3.03. The van der Waals surface area contributed by atoms with Crippen molar-refractivity contribution >= 4 is 5.91 Å². The fraction of sp³-hybridized carbons (Fsp3) is 0.368. The Morgan fingerprint density at radius 1 is 1.06 bits per heavy atom. The van der Waals surface area contributed by atoms with Gasteiger partial charge in [-0.05, 0) is 31.4 Å². The van der Waals surface area contributed by atoms with Crippen LogP contribution in [0.1, 0.15) is 46.2 Å². The molecule has 4 rings (SSSR count). The lowest BCUT2D eigenvalue weighted by Gasteiger charge is -2.05. The Morgan fingerprint density at radius 2 is 1.72 bits per heavy atom. The summed E-state index contributed by atoms with van der Waals surface area (Å²) in [5, 5.41) is 3.09. The molecule has 0 unspecified atom stereocenters. The Hall–Kier alpha value is -3.38. The van der Waals surface area contributed by atoms with Crippen LogP contribution in [0.4, 0.5) is 26.3 Å². The molecule has 3 aromatic rings. The van der Waals surface area contributed by atoms with Gasteiger partial charge in [-0.2, -0.15) is 31.4 Å². The van der Waals surface area contributed by atoms with Crippen molar-refractivity contribution in [3.63, 3.8) is 0 Å². The molecule has 3 aromatic heterocycles. The monoisotopic (exact) mass is 461 g/mol. The van der Waals surface area contributed by atoms with Gasteiger partial charge in [-0.25, -0.2) is 4.98 Å². The van der Waals surface area contributed by atoms with Gasteiger partial charge < -0.3 is 10.2 Å². The van der Waals surface area contributed by atoms with Crippen molar-refractivity contribution in [3.8, 4) is 11.5 Å². The Bertz CT molecular complexity index is 1090. The molecule has 1 aliphatic rings. The number of rotatable bonds is 2. The molecular formula is C19H17F6N5O2. The van der Waals surface area contributed by atoms with Crippen molar-refractivity contribution in [1.29, 1.82) is 0 Å². The first kappa shape index (κ1) is 23.3. The number of oxazole rings is 1. The summed E-state index contributed by atoms with van der Waals surface area (Å²) in [7, 11) is 1.22. The van der Waals surface area contributed by atoms with Crippen molar-refractivity contribution in [2.24, 2.45) is 12.8 Å². The number of aryl methyl sites for hydroxylation is 3. The highest BCUT2D eigenvalue weighted by atomic mass is 19.4. The van der Waals surface area contributed by atoms with Crippen LogP contribution in [0.2, 0.25) is 0 Å². The van der Waals surface area contributed by atoms with E-state index in [4.69, 9.17) is 10.2 Å². The zero-order valence-electron chi connectivity index (χ0n) is 16.6. The summed E-state index contributed by atoms with van der Waals surface area (Å²) in [5.74, 6) is 0.108. The average molecular weight is 461 g/mol. The van der Waals surface area contributed by atoms with Crippen molar-refractivity contribution in [2.45, 2.75) is 38.0 Å². The van der Waals surface area contributed by atoms with Gasteiger partial charge in [0.1, 0.15) is 17.1 Å². The summed E-state index contributed by atoms with van der Waals surface area (Å²) in [6.07, 6.45) is -4.17. The minimum absolute atomic E-state index is 0.250. The quantitative estimate of drug-likeness (QED) is 0.578. The lowest BCUT2D eigenvalue weighted by atomic mass is 10.0. The van der Waals surface area contributed by atoms with Crippen molar-refractivity contribution in [1.82, 2.24) is 19.7 Å². The van der Waals surface area contributed by atoms with E-state index in [0.717, 1.165) is 54.1 Å². The van der Waals surface area contributed by atoms with Crippen LogP contribution in [0.3, 0.4) is 0 Å². The zero-order chi connectivity index (χ0) is 23.7. The molecule has 1 amide bonds. The van der Waals surface area contributed by atoms with Gasteiger partial charge in [0.15, 0.2) is 5.69 Å². The highest BCUT2D eigenvalue weighted by Crippen LogP contribution is 2.32. The van der Waals surface area contributed by atoms with Crippen LogP contribution in [0, 0.1) is 0 Å². The van der Waals surface area contributed by atoms with Crippen LogP contribution in [-0.2, 0) is 32.2 Å². The van der Waals surface area contributed by atoms with E-state index < -0.39 is 29.6 Å². The number of hydrogen-bond acceptors (Lipinski definition) is 5. The van der Waals surface area contributed by atoms with Crippen molar-refractivity contribution in [2.75, 3.05) is 0 Å². The first-order valence-corrected chi connectivity index (χ1v) is 9.29. The van der Waals surface area contributed by atoms with Crippen molar-refractivity contribution in [3.05, 3.63) is 52.9 Å². The molecule has 0 spiro atoms. The van der Waals surface area contributed by atoms with Gasteiger partial charge in [0.2, 0.25) is 5.89 Å². The maximum atomic E-state index is 12.6. The van der Waals surface area contributed by atoms with E-state index in [2.05, 4.69) is 15.1 Å². The molecule has 0 radical (unpaired) electrons. The minimum Gasteiger partial charge on any atom is -0.441 e. The van der Waals surface area contributed by atoms with Gasteiger partial charge in [-0.15, -0.1) is 0 Å². The molecule has 1 aliphatic carbocycles. The number of primary amides is 1. The van der Waals surface area contributed by atoms with Crippen LogP contribution >= 0.6 is 0 Å². The van der Waals surface area contributed by atoms with E-state index in [0.29, 0.717) is 11.6 Å². The first-order valence-electron chi connectivity index (χ1n) is 9.29. The van der Waals surface area contributed by atoms with Crippen LogP contribution in [0.25, 0.3) is 11.5 Å². The smallest absolute Gasteiger partial charge is 0.435 e. The first-order chi connectivity index (χ1) is 14.9. The lowest BCUT2D eigenvalue weighted by Crippen LogP contribution is -2.15. The maximum Gasteiger partial charge on any atom is 0.435 e. The third kappa shape index (κ3) is 5.26. The van der Waals surface area contributed by atoms with Gasteiger partial charge in [0, 0.05) is 31.3 Å². The molecule has 0 saturated carbocycles. The normalized spacial score (nSPS) is 13.8. The molecule has 13 heteroatoms. The summed E-state index contributed by atoms with van der Waals surface area (Å²) in [6.45, 7) is 0. The number of hydrogen-bond donors (Lipinski definition) is 1. The predicted molar refractivity (Wildman–Crippen MR) is 98.1 cm³/mol. The van der Waals surface area contributed by atoms with E-state index in [9.17, 15) is 31.1 Å². The van der Waals surface area contributed by atoms with Gasteiger partial charge in [-0.1, -0.05) is 0 Å². The summed E-state index contributed by atoms with van der Waals surface area (Å²) < 4.78 is 80.2. The Morgan fingerprint density at radius 3 is 2.25 bits per heavy atom. The molecule has 0 saturated heterocycles. The van der Waals surface area contributed by atoms with Gasteiger partial charge in [-0.3, -0.25) is 14.5 Å². The molecule has 0 atom stereocenters. The summed E-state index contributed by atoms with van der Waals surface area (Å²) in [6, 6.07) is 3.06. The van der Waals surface area contributed by atoms with Crippen LogP contribution in [-0.4, -0.2) is 25.7 Å². The predicted octanol–water partition coefficient (Wildman–Crippen LogP) is 4.17. The van der Waals surface area contributed by atoms with Gasteiger partial charge in [0.05, 0.1) is 5.69 Å². The number of nitrogens with two attached hydrogens (primary N) is 1. The molecule has 0 aliphatic heterocycles. The number of carbonyl (C=O) groups is 1. The second kappa shape index (κ2) is 8.63. The van der Waals surface area contributed by atoms with E-state index in [1.807, 2.05) is 0 Å². The van der Waals surface area contributed by atoms with Crippen LogP contribution in [0.5, 0.6) is 0 Å². The fourth-order valence-electron chi connectivity index (χ4n) is 3.03. The second-order valence-electron chi connectivity index (χ2n) is 6.92. The third-order valence-electron chi connectivity index (χ3n) is 4.57. The Kier molecular flexibility index (Phi) is 6.28. The number of pyridine rings is 1. The summed E-state index contributed by atoms with van der Waals surface area (Å²) in [5.41, 5.74) is 3.67. The average Bonchev–Trinajstić information content (AvgIpc) is 3.31. The molecule has 0 aromatic carbocycles. The summed E-state index contributed by atoms with van der Waals surface area (Å²) >= 11 is 0. The molecule has 0 fully saturated rings. The van der Waals surface area contributed by atoms with E-state index in [1.165, 1.54) is 13.1 Å². The SMILES string of the molecule is Cn1nc(C(F)(F)F)cc1C(N)=O.FC(F)(F)c1cc(-c2nc3c(o2)CCCC3)ccn1. The maximum absolute atomic E-state index is 12.6. The van der Waals surface area contributed by atoms with E-state index in [1.54, 1.807) is 0 Å². The number of fused-ring (bicyclic) bond motifs is 1. The number of alkyl halides is 6. The lowest BCUT2D eigenvalue weighted by molar-refractivity contribution is -0.142. The van der Waals surface area contributed by atoms with E-state index in [-0.39, 0.29) is 11.6 Å². The van der Waals surface area contributed by atoms with Crippen LogP contribution < -0.4 is 5.73 Å². The number of aromatic nitrogens is 4. The second-order valence-corrected chi connectivity index (χ2v) is 6.92. The van der Waals surface area contributed by atoms with Gasteiger partial charge >= 0.3 is 12.4 Å². The highest BCUT2D eigenvalue weighted by Gasteiger charge is 2.35. The summed E-state index contributed by atoms with van der Waals surface area (Å²) in [4.78, 5) is 18.2. The number of amides is 1. The molecule has 2 N–H and O–H groups in total. The standard InChI is InChI=1S/C13H11F3N2O.C6H6F3N3O/c14-13(15,16)11-7-8(5-6-17-11)12-18-9-3-1-2-4-10(9)19-12;1-12-3(5(10)13)2-4(11-12)6(7,8)9/h5-7H,1-4H2;2H,1H3,(H2,10,13). The van der Waals surface area contributed by atoms with Crippen LogP contribution in [0.15, 0.2) is 28.8 Å². The topological polar surface area (TPSA) is 99.8 Å². The third-order valence-corrected chi connectivity index (χ3v) is 4.57. The molecular weight excluding hydrogens is 444 g/mol. The zero-order valence-corrected chi connectivity index (χ0v) is 16.6. The highest BCUT2D eigenvalue weighted by molar-refractivity contribution is 5.91. The molecule has 172 valence electrons. The van der Waals surface area contributed by atoms with Crippen molar-refractivity contribution < 1.29 is 35.6 Å². The van der Waals surface area contributed by atoms with Gasteiger partial charge in [0.25, 0.3) is 5.91 Å². The molecule has 3 heterocycles. The minimum atomic E-state index is -4.55. The Labute approximate surface area is 177 Å². The number of carbonyl (C=O) groups excluding carboxylic acids is 1. The number of halogens is 6. The molecule has 0 bridgehead atoms. The largest absolute Gasteiger partial charge is 0.441 e. The number of nitrogens with zero attached hydrogens (tertiary/aromatic N) is 4. The van der Waals surface area contributed by atoms with E-state index >= 15 is 0 Å². The molecule has 7 nitrogen and oxygen atoms in total. The molecule has 32 heavy (non-hydrogen) atoms. The Balaban J connectivity index is 0.000000195.